The number of pyridine rings is 1. The Kier molecular flexibility index (Phi) is 5.71. The van der Waals surface area contributed by atoms with Gasteiger partial charge in [-0.1, -0.05) is 23.9 Å². The van der Waals surface area contributed by atoms with E-state index in [0.29, 0.717) is 12.1 Å². The lowest BCUT2D eigenvalue weighted by Crippen LogP contribution is -2.60. The van der Waals surface area contributed by atoms with E-state index in [-0.39, 0.29) is 33.6 Å². The van der Waals surface area contributed by atoms with Crippen LogP contribution in [0, 0.1) is 16.6 Å². The maximum atomic E-state index is 13.0. The Labute approximate surface area is 176 Å². The van der Waals surface area contributed by atoms with Gasteiger partial charge in [0.15, 0.2) is 11.4 Å². The molecule has 0 radical (unpaired) electrons. The van der Waals surface area contributed by atoms with Gasteiger partial charge in [-0.3, -0.25) is 25.1 Å². The van der Waals surface area contributed by atoms with Crippen LogP contribution in [0.25, 0.3) is 0 Å². The second kappa shape index (κ2) is 7.94. The number of fused-ring (bicyclic) bond motifs is 1. The highest BCUT2D eigenvalue weighted by atomic mass is 32.2. The molecule has 4 N–H and O–H groups in total. The minimum Gasteiger partial charge on any atom is -0.502 e. The normalized spacial score (nSPS) is 14.8. The maximum absolute atomic E-state index is 13.0. The zero-order valence-electron chi connectivity index (χ0n) is 16.7. The predicted molar refractivity (Wildman–Crippen MR) is 115 cm³/mol. The Bertz CT molecular complexity index is 1090. The van der Waals surface area contributed by atoms with E-state index in [0.717, 1.165) is 11.8 Å². The van der Waals surface area contributed by atoms with Crippen molar-refractivity contribution in [2.24, 2.45) is 0 Å². The SMILES string of the molecule is CCN1C(=O)c2c(O)c(=O)c(C(=N)SC(=N)Cc3ccc(F)cc3)cn2NC1(C)C. The maximum Gasteiger partial charge on any atom is 0.278 e. The van der Waals surface area contributed by atoms with Gasteiger partial charge in [-0.15, -0.1) is 0 Å². The average molecular weight is 431 g/mol. The molecule has 0 spiro atoms. The molecular weight excluding hydrogens is 409 g/mol. The number of aromatic nitrogens is 1. The Morgan fingerprint density at radius 3 is 2.47 bits per heavy atom. The number of rotatable bonds is 4. The first-order valence-electron chi connectivity index (χ1n) is 9.22. The zero-order chi connectivity index (χ0) is 22.2. The average Bonchev–Trinajstić information content (AvgIpc) is 2.65. The van der Waals surface area contributed by atoms with Gasteiger partial charge in [0.1, 0.15) is 16.5 Å². The molecule has 1 aliphatic heterocycles. The summed E-state index contributed by atoms with van der Waals surface area (Å²) in [6.45, 7) is 5.73. The molecule has 0 fully saturated rings. The summed E-state index contributed by atoms with van der Waals surface area (Å²) in [5.74, 6) is -1.62. The lowest BCUT2D eigenvalue weighted by atomic mass is 10.1. The standard InChI is InChI=1S/C20H22FN5O3S/c1-4-25-19(29)15-17(28)16(27)13(10-26(15)24-20(25,2)3)18(23)30-14(22)9-11-5-7-12(21)8-6-11/h5-8,10,22-24,28H,4,9H2,1-3H3. The molecule has 3 rings (SSSR count). The van der Waals surface area contributed by atoms with Crippen molar-refractivity contribution in [1.82, 2.24) is 9.58 Å². The van der Waals surface area contributed by atoms with E-state index >= 15 is 0 Å². The Morgan fingerprint density at radius 2 is 1.87 bits per heavy atom. The summed E-state index contributed by atoms with van der Waals surface area (Å²) in [7, 11) is 0. The molecule has 0 saturated carbocycles. The van der Waals surface area contributed by atoms with Crippen LogP contribution in [0.1, 0.15) is 42.4 Å². The fourth-order valence-corrected chi connectivity index (χ4v) is 4.07. The number of thioether (sulfide) groups is 1. The van der Waals surface area contributed by atoms with Crippen LogP contribution in [-0.2, 0) is 6.42 Å². The van der Waals surface area contributed by atoms with Crippen LogP contribution in [0.2, 0.25) is 0 Å². The number of carbonyl (C=O) groups excluding carboxylic acids is 1. The largest absolute Gasteiger partial charge is 0.502 e. The van der Waals surface area contributed by atoms with E-state index in [2.05, 4.69) is 5.43 Å². The molecular formula is C20H22FN5O3S. The van der Waals surface area contributed by atoms with Gasteiger partial charge in [-0.05, 0) is 38.5 Å². The van der Waals surface area contributed by atoms with Crippen molar-refractivity contribution < 1.29 is 14.3 Å². The minimum atomic E-state index is -0.848. The van der Waals surface area contributed by atoms with Crippen molar-refractivity contribution in [1.29, 1.82) is 10.8 Å². The molecule has 8 nitrogen and oxygen atoms in total. The summed E-state index contributed by atoms with van der Waals surface area (Å²) in [6, 6.07) is 5.67. The number of nitrogens with zero attached hydrogens (tertiary/aromatic N) is 2. The first-order valence-corrected chi connectivity index (χ1v) is 10.0. The van der Waals surface area contributed by atoms with Gasteiger partial charge in [-0.2, -0.15) is 0 Å². The van der Waals surface area contributed by atoms with Crippen molar-refractivity contribution >= 4 is 27.8 Å². The number of carbonyl (C=O) groups is 1. The van der Waals surface area contributed by atoms with E-state index in [1.54, 1.807) is 32.9 Å². The monoisotopic (exact) mass is 431 g/mol. The van der Waals surface area contributed by atoms with Crippen LogP contribution in [0.5, 0.6) is 5.75 Å². The number of aromatic hydroxyl groups is 1. The Morgan fingerprint density at radius 1 is 1.23 bits per heavy atom. The molecule has 0 aliphatic carbocycles. The van der Waals surface area contributed by atoms with Crippen molar-refractivity contribution in [2.45, 2.75) is 32.9 Å². The van der Waals surface area contributed by atoms with Gasteiger partial charge in [0.25, 0.3) is 5.91 Å². The van der Waals surface area contributed by atoms with Gasteiger partial charge in [0.2, 0.25) is 5.43 Å². The van der Waals surface area contributed by atoms with Gasteiger partial charge >= 0.3 is 0 Å². The molecule has 158 valence electrons. The van der Waals surface area contributed by atoms with Crippen LogP contribution in [0.4, 0.5) is 4.39 Å². The molecule has 30 heavy (non-hydrogen) atoms. The summed E-state index contributed by atoms with van der Waals surface area (Å²) in [4.78, 5) is 26.9. The highest BCUT2D eigenvalue weighted by Crippen LogP contribution is 2.27. The molecule has 1 aliphatic rings. The fourth-order valence-electron chi connectivity index (χ4n) is 3.33. The number of hydrogen-bond donors (Lipinski definition) is 4. The quantitative estimate of drug-likeness (QED) is 0.438. The highest BCUT2D eigenvalue weighted by Gasteiger charge is 2.39. The van der Waals surface area contributed by atoms with Crippen molar-refractivity contribution in [3.05, 3.63) is 63.3 Å². The predicted octanol–water partition coefficient (Wildman–Crippen LogP) is 2.73. The van der Waals surface area contributed by atoms with Crippen molar-refractivity contribution in [3.8, 4) is 5.75 Å². The fraction of sp³-hybridized carbons (Fsp3) is 0.300. The number of nitrogens with one attached hydrogen (secondary N) is 3. The minimum absolute atomic E-state index is 0.0785. The highest BCUT2D eigenvalue weighted by molar-refractivity contribution is 8.26. The van der Waals surface area contributed by atoms with Crippen LogP contribution < -0.4 is 10.9 Å². The molecule has 2 heterocycles. The number of halogens is 1. The third-order valence-electron chi connectivity index (χ3n) is 4.76. The first-order chi connectivity index (χ1) is 14.0. The molecule has 0 atom stereocenters. The first kappa shape index (κ1) is 21.6. The van der Waals surface area contributed by atoms with Gasteiger partial charge in [-0.25, -0.2) is 4.39 Å². The zero-order valence-corrected chi connectivity index (χ0v) is 17.6. The van der Waals surface area contributed by atoms with Gasteiger partial charge in [0, 0.05) is 19.2 Å². The molecule has 2 aromatic rings. The summed E-state index contributed by atoms with van der Waals surface area (Å²) in [5, 5.41) is 26.6. The van der Waals surface area contributed by atoms with E-state index in [1.807, 2.05) is 0 Å². The molecule has 10 heteroatoms. The molecule has 0 saturated heterocycles. The lowest BCUT2D eigenvalue weighted by Gasteiger charge is -2.44. The van der Waals surface area contributed by atoms with Crippen molar-refractivity contribution in [2.75, 3.05) is 12.0 Å². The number of benzene rings is 1. The van der Waals surface area contributed by atoms with Crippen LogP contribution >= 0.6 is 11.8 Å². The summed E-state index contributed by atoms with van der Waals surface area (Å²) in [5.41, 5.74) is 1.80. The molecule has 0 unspecified atom stereocenters. The smallest absolute Gasteiger partial charge is 0.278 e. The summed E-state index contributed by atoms with van der Waals surface area (Å²) < 4.78 is 14.3. The van der Waals surface area contributed by atoms with E-state index in [1.165, 1.54) is 27.9 Å². The molecule has 1 aromatic heterocycles. The summed E-state index contributed by atoms with van der Waals surface area (Å²) in [6.07, 6.45) is 1.46. The topological polar surface area (TPSA) is 122 Å². The third-order valence-corrected chi connectivity index (χ3v) is 5.58. The van der Waals surface area contributed by atoms with Crippen molar-refractivity contribution in [3.63, 3.8) is 0 Å². The third kappa shape index (κ3) is 3.95. The Balaban J connectivity index is 1.88. The van der Waals surface area contributed by atoms with E-state index in [4.69, 9.17) is 10.8 Å². The Hall–Kier alpha value is -3.14. The second-order valence-electron chi connectivity index (χ2n) is 7.32. The molecule has 1 amide bonds. The second-order valence-corrected chi connectivity index (χ2v) is 8.42. The van der Waals surface area contributed by atoms with Crippen LogP contribution in [0.3, 0.4) is 0 Å². The van der Waals surface area contributed by atoms with Crippen LogP contribution in [0.15, 0.2) is 35.3 Å². The van der Waals surface area contributed by atoms with Gasteiger partial charge < -0.3 is 15.4 Å². The van der Waals surface area contributed by atoms with E-state index in [9.17, 15) is 19.1 Å². The number of hydrogen-bond acceptors (Lipinski definition) is 7. The lowest BCUT2D eigenvalue weighted by molar-refractivity contribution is 0.0519. The molecule has 0 bridgehead atoms. The van der Waals surface area contributed by atoms with Gasteiger partial charge in [0.05, 0.1) is 10.6 Å². The number of amides is 1. The van der Waals surface area contributed by atoms with Crippen LogP contribution in [-0.4, -0.2) is 42.9 Å². The summed E-state index contributed by atoms with van der Waals surface area (Å²) >= 11 is 0.756. The van der Waals surface area contributed by atoms with E-state index < -0.39 is 22.7 Å². The molecule has 1 aromatic carbocycles.